The second-order valence-corrected chi connectivity index (χ2v) is 6.61. The molecular weight excluding hydrogens is 322 g/mol. The molecule has 8 heteroatoms. The summed E-state index contributed by atoms with van der Waals surface area (Å²) in [7, 11) is 1.85. The van der Waals surface area contributed by atoms with E-state index in [4.69, 9.17) is 9.26 Å². The average Bonchev–Trinajstić information content (AvgIpc) is 3.28. The molecule has 136 valence electrons. The molecule has 1 N–H and O–H groups in total. The van der Waals surface area contributed by atoms with Crippen LogP contribution in [-0.4, -0.2) is 32.4 Å². The summed E-state index contributed by atoms with van der Waals surface area (Å²) < 4.78 is 12.7. The fourth-order valence-corrected chi connectivity index (χ4v) is 3.38. The first-order valence-electron chi connectivity index (χ1n) is 8.72. The highest BCUT2D eigenvalue weighted by atomic mass is 16.5. The number of nitrogens with one attached hydrogen (secondary N) is 1. The summed E-state index contributed by atoms with van der Waals surface area (Å²) in [5.41, 5.74) is 1.12. The van der Waals surface area contributed by atoms with Gasteiger partial charge in [-0.1, -0.05) is 24.9 Å². The van der Waals surface area contributed by atoms with E-state index in [1.165, 1.54) is 0 Å². The van der Waals surface area contributed by atoms with E-state index < -0.39 is 5.54 Å². The van der Waals surface area contributed by atoms with Crippen molar-refractivity contribution in [1.82, 2.24) is 25.2 Å². The maximum atomic E-state index is 12.5. The zero-order chi connectivity index (χ0) is 18.0. The first-order valence-corrected chi connectivity index (χ1v) is 8.72. The summed E-state index contributed by atoms with van der Waals surface area (Å²) in [6, 6.07) is 0. The number of aryl methyl sites for hydroxylation is 3. The molecule has 3 rings (SSSR count). The van der Waals surface area contributed by atoms with E-state index in [-0.39, 0.29) is 12.5 Å². The second-order valence-electron chi connectivity index (χ2n) is 6.61. The Bertz CT molecular complexity index is 758. The van der Waals surface area contributed by atoms with Crippen LogP contribution in [0.1, 0.15) is 55.7 Å². The topological polar surface area (TPSA) is 95.1 Å². The molecule has 2 aromatic heterocycles. The molecule has 0 bridgehead atoms. The zero-order valence-corrected chi connectivity index (χ0v) is 15.3. The van der Waals surface area contributed by atoms with Crippen molar-refractivity contribution in [3.63, 3.8) is 0 Å². The Balaban J connectivity index is 1.69. The van der Waals surface area contributed by atoms with E-state index in [2.05, 4.69) is 20.6 Å². The van der Waals surface area contributed by atoms with Crippen molar-refractivity contribution < 1.29 is 14.1 Å². The molecule has 25 heavy (non-hydrogen) atoms. The zero-order valence-electron chi connectivity index (χ0n) is 15.3. The molecule has 1 aliphatic rings. The highest BCUT2D eigenvalue weighted by molar-refractivity contribution is 5.78. The normalized spacial score (nSPS) is 16.2. The molecule has 0 atom stereocenters. The third-order valence-corrected chi connectivity index (χ3v) is 4.82. The van der Waals surface area contributed by atoms with Gasteiger partial charge in [0.2, 0.25) is 5.89 Å². The standard InChI is InChI=1S/C17H25N5O3/c1-5-14-18-16(21-25-14)17(8-6-7-9-17)19-13(23)10-24-15-11(2)20-22(4)12(15)3/h5-10H2,1-4H3,(H,19,23). The largest absolute Gasteiger partial charge is 0.480 e. The number of rotatable bonds is 6. The molecule has 1 fully saturated rings. The van der Waals surface area contributed by atoms with Crippen molar-refractivity contribution in [3.8, 4) is 5.75 Å². The predicted molar refractivity (Wildman–Crippen MR) is 90.1 cm³/mol. The van der Waals surface area contributed by atoms with Crippen molar-refractivity contribution in [2.75, 3.05) is 6.61 Å². The van der Waals surface area contributed by atoms with Gasteiger partial charge in [0.25, 0.3) is 5.91 Å². The predicted octanol–water partition coefficient (Wildman–Crippen LogP) is 1.95. The maximum absolute atomic E-state index is 12.5. The van der Waals surface area contributed by atoms with Crippen molar-refractivity contribution in [1.29, 1.82) is 0 Å². The number of amides is 1. The van der Waals surface area contributed by atoms with Gasteiger partial charge in [-0.05, 0) is 26.7 Å². The van der Waals surface area contributed by atoms with Crippen LogP contribution in [0.2, 0.25) is 0 Å². The van der Waals surface area contributed by atoms with Gasteiger partial charge in [-0.25, -0.2) is 0 Å². The van der Waals surface area contributed by atoms with Crippen LogP contribution in [0.25, 0.3) is 0 Å². The van der Waals surface area contributed by atoms with Crippen molar-refractivity contribution in [2.24, 2.45) is 7.05 Å². The monoisotopic (exact) mass is 347 g/mol. The van der Waals surface area contributed by atoms with Gasteiger partial charge < -0.3 is 14.6 Å². The lowest BCUT2D eigenvalue weighted by Gasteiger charge is -2.26. The third kappa shape index (κ3) is 3.38. The summed E-state index contributed by atoms with van der Waals surface area (Å²) in [6.07, 6.45) is 4.36. The number of ether oxygens (including phenoxy) is 1. The van der Waals surface area contributed by atoms with Crippen LogP contribution in [0.5, 0.6) is 5.75 Å². The fraction of sp³-hybridized carbons (Fsp3) is 0.647. The van der Waals surface area contributed by atoms with E-state index in [1.807, 2.05) is 27.8 Å². The van der Waals surface area contributed by atoms with Gasteiger partial charge in [-0.3, -0.25) is 9.48 Å². The Kier molecular flexibility index (Phi) is 4.78. The summed E-state index contributed by atoms with van der Waals surface area (Å²) in [5.74, 6) is 1.63. The minimum Gasteiger partial charge on any atom is -0.480 e. The van der Waals surface area contributed by atoms with Crippen LogP contribution in [0.4, 0.5) is 0 Å². The smallest absolute Gasteiger partial charge is 0.258 e. The first kappa shape index (κ1) is 17.4. The van der Waals surface area contributed by atoms with Gasteiger partial charge in [0.15, 0.2) is 18.2 Å². The molecular formula is C17H25N5O3. The maximum Gasteiger partial charge on any atom is 0.258 e. The first-order chi connectivity index (χ1) is 11.9. The minimum atomic E-state index is -0.545. The molecule has 2 aromatic rings. The third-order valence-electron chi connectivity index (χ3n) is 4.82. The number of hydrogen-bond donors (Lipinski definition) is 1. The second kappa shape index (κ2) is 6.85. The SMILES string of the molecule is CCc1nc(C2(NC(=O)COc3c(C)nn(C)c3C)CCCC2)no1. The van der Waals surface area contributed by atoms with Gasteiger partial charge in [0, 0.05) is 13.5 Å². The van der Waals surface area contributed by atoms with E-state index in [1.54, 1.807) is 4.68 Å². The average molecular weight is 347 g/mol. The molecule has 1 saturated carbocycles. The number of aromatic nitrogens is 4. The Morgan fingerprint density at radius 1 is 1.36 bits per heavy atom. The van der Waals surface area contributed by atoms with E-state index in [9.17, 15) is 4.79 Å². The Morgan fingerprint density at radius 3 is 2.64 bits per heavy atom. The Morgan fingerprint density at radius 2 is 2.08 bits per heavy atom. The molecule has 0 radical (unpaired) electrons. The van der Waals surface area contributed by atoms with Crippen molar-refractivity contribution >= 4 is 5.91 Å². The van der Waals surface area contributed by atoms with Crippen molar-refractivity contribution in [3.05, 3.63) is 23.1 Å². The van der Waals surface area contributed by atoms with E-state index in [0.717, 1.165) is 37.1 Å². The molecule has 2 heterocycles. The van der Waals surface area contributed by atoms with Crippen LogP contribution in [-0.2, 0) is 23.8 Å². The van der Waals surface area contributed by atoms with Gasteiger partial charge in [-0.2, -0.15) is 10.1 Å². The summed E-state index contributed by atoms with van der Waals surface area (Å²) >= 11 is 0. The van der Waals surface area contributed by atoms with Gasteiger partial charge in [0.1, 0.15) is 11.2 Å². The molecule has 0 saturated heterocycles. The molecule has 0 aromatic carbocycles. The van der Waals surface area contributed by atoms with Crippen LogP contribution < -0.4 is 10.1 Å². The number of nitrogens with zero attached hydrogens (tertiary/aromatic N) is 4. The molecule has 1 amide bonds. The lowest BCUT2D eigenvalue weighted by atomic mass is 9.96. The number of carbonyl (C=O) groups is 1. The number of carbonyl (C=O) groups excluding carboxylic acids is 1. The summed E-state index contributed by atoms with van der Waals surface area (Å²) in [6.45, 7) is 5.68. The Hall–Kier alpha value is -2.38. The van der Waals surface area contributed by atoms with Crippen LogP contribution in [0.15, 0.2) is 4.52 Å². The van der Waals surface area contributed by atoms with Crippen LogP contribution in [0.3, 0.4) is 0 Å². The van der Waals surface area contributed by atoms with E-state index >= 15 is 0 Å². The summed E-state index contributed by atoms with van der Waals surface area (Å²) in [5, 5.41) is 11.5. The van der Waals surface area contributed by atoms with Gasteiger partial charge in [-0.15, -0.1) is 0 Å². The lowest BCUT2D eigenvalue weighted by molar-refractivity contribution is -0.125. The van der Waals surface area contributed by atoms with E-state index in [0.29, 0.717) is 23.9 Å². The number of hydrogen-bond acceptors (Lipinski definition) is 6. The highest BCUT2D eigenvalue weighted by Gasteiger charge is 2.41. The van der Waals surface area contributed by atoms with Crippen LogP contribution >= 0.6 is 0 Å². The molecule has 8 nitrogen and oxygen atoms in total. The highest BCUT2D eigenvalue weighted by Crippen LogP contribution is 2.37. The van der Waals surface area contributed by atoms with Gasteiger partial charge in [0.05, 0.1) is 5.69 Å². The molecule has 0 unspecified atom stereocenters. The fourth-order valence-electron chi connectivity index (χ4n) is 3.38. The molecule has 0 aliphatic heterocycles. The van der Waals surface area contributed by atoms with Crippen molar-refractivity contribution in [2.45, 2.75) is 58.4 Å². The van der Waals surface area contributed by atoms with Crippen LogP contribution in [0, 0.1) is 13.8 Å². The lowest BCUT2D eigenvalue weighted by Crippen LogP contribution is -2.46. The van der Waals surface area contributed by atoms with Gasteiger partial charge >= 0.3 is 0 Å². The Labute approximate surface area is 146 Å². The summed E-state index contributed by atoms with van der Waals surface area (Å²) in [4.78, 5) is 16.9. The minimum absolute atomic E-state index is 0.0619. The molecule has 0 spiro atoms. The quantitative estimate of drug-likeness (QED) is 0.858. The molecule has 1 aliphatic carbocycles.